The molecule has 4 aliphatic rings. The smallest absolute Gasteiger partial charge is 0.415 e. The molecule has 0 unspecified atom stereocenters. The van der Waals surface area contributed by atoms with Crippen LogP contribution in [-0.2, 0) is 18.8 Å². The maximum atomic E-state index is 13.1. The maximum Gasteiger partial charge on any atom is 0.415 e. The number of ether oxygens (including phenoxy) is 1. The van der Waals surface area contributed by atoms with Crippen LogP contribution >= 0.6 is 12.9 Å². The molecule has 114 valence electrons. The Labute approximate surface area is 121 Å². The summed E-state index contributed by atoms with van der Waals surface area (Å²) in [6.07, 6.45) is 2.23. The lowest BCUT2D eigenvalue weighted by molar-refractivity contribution is -0.391. The molecule has 4 saturated carbocycles. The molecular weight excluding hydrogens is 290 g/mol. The monoisotopic (exact) mass is 308 g/mol. The zero-order valence-corrected chi connectivity index (χ0v) is 11.9. The summed E-state index contributed by atoms with van der Waals surface area (Å²) in [5.41, 5.74) is -0.535. The van der Waals surface area contributed by atoms with Gasteiger partial charge in [-0.2, -0.15) is 13.1 Å². The first-order chi connectivity index (χ1) is 9.42. The summed E-state index contributed by atoms with van der Waals surface area (Å²) in [7, 11) is 0. The molecule has 4 bridgehead atoms. The highest BCUT2D eigenvalue weighted by molar-refractivity contribution is 7.74. The minimum Gasteiger partial charge on any atom is -0.456 e. The zero-order chi connectivity index (χ0) is 14.4. The van der Waals surface area contributed by atoms with Gasteiger partial charge in [-0.3, -0.25) is 4.79 Å². The van der Waals surface area contributed by atoms with E-state index in [1.807, 2.05) is 0 Å². The summed E-state index contributed by atoms with van der Waals surface area (Å²) < 4.78 is 34.6. The van der Waals surface area contributed by atoms with Crippen molar-refractivity contribution in [1.82, 2.24) is 0 Å². The van der Waals surface area contributed by atoms with Crippen LogP contribution in [0.3, 0.4) is 0 Å². The Bertz CT molecular complexity index is 367. The molecule has 4 rings (SSSR count). The standard InChI is InChI=1S/C13H18F2O4S/c14-13(15,18-19-20)7-17-11(16)12-4-8-1-9(5-12)3-10(2-8)6-12/h8-10,20H,1-7H2. The number of alkyl halides is 2. The van der Waals surface area contributed by atoms with Crippen LogP contribution in [-0.4, -0.2) is 18.7 Å². The molecule has 0 aliphatic heterocycles. The van der Waals surface area contributed by atoms with Crippen LogP contribution < -0.4 is 0 Å². The number of thiol groups is 1. The number of halogens is 2. The highest BCUT2D eigenvalue weighted by Gasteiger charge is 2.56. The zero-order valence-electron chi connectivity index (χ0n) is 11.0. The second kappa shape index (κ2) is 5.10. The molecular formula is C13H18F2O4S. The maximum absolute atomic E-state index is 13.1. The molecule has 0 amide bonds. The van der Waals surface area contributed by atoms with Gasteiger partial charge in [0.2, 0.25) is 0 Å². The molecule has 4 fully saturated rings. The Morgan fingerprint density at radius 3 is 2.10 bits per heavy atom. The lowest BCUT2D eigenvalue weighted by Crippen LogP contribution is -2.51. The van der Waals surface area contributed by atoms with Gasteiger partial charge in [0.1, 0.15) is 0 Å². The summed E-state index contributed by atoms with van der Waals surface area (Å²) in [6.45, 7) is -1.13. The molecule has 0 aromatic heterocycles. The molecule has 0 aromatic rings. The molecule has 20 heavy (non-hydrogen) atoms. The molecule has 0 aromatic carbocycles. The third-order valence-electron chi connectivity index (χ3n) is 5.00. The fourth-order valence-electron chi connectivity index (χ4n) is 4.74. The van der Waals surface area contributed by atoms with E-state index in [0.717, 1.165) is 19.3 Å². The normalized spacial score (nSPS) is 39.0. The summed E-state index contributed by atoms with van der Waals surface area (Å²) in [5.74, 6) is 1.18. The van der Waals surface area contributed by atoms with Gasteiger partial charge in [0.25, 0.3) is 0 Å². The minimum absolute atomic E-state index is 0.501. The van der Waals surface area contributed by atoms with Crippen molar-refractivity contribution in [2.45, 2.75) is 44.6 Å². The lowest BCUT2D eigenvalue weighted by atomic mass is 9.49. The summed E-state index contributed by atoms with van der Waals surface area (Å²) in [6, 6.07) is 0. The highest BCUT2D eigenvalue weighted by Crippen LogP contribution is 2.60. The van der Waals surface area contributed by atoms with Crippen molar-refractivity contribution in [3.8, 4) is 0 Å². The number of hydrogen-bond acceptors (Lipinski definition) is 5. The molecule has 0 saturated heterocycles. The molecule has 4 aliphatic carbocycles. The first kappa shape index (κ1) is 14.5. The van der Waals surface area contributed by atoms with Crippen LogP contribution in [0.5, 0.6) is 0 Å². The number of esters is 1. The van der Waals surface area contributed by atoms with Gasteiger partial charge in [-0.05, 0) is 56.3 Å². The van der Waals surface area contributed by atoms with Crippen LogP contribution in [0.1, 0.15) is 38.5 Å². The largest absolute Gasteiger partial charge is 0.456 e. The molecule has 7 heteroatoms. The molecule has 4 nitrogen and oxygen atoms in total. The van der Waals surface area contributed by atoms with Crippen molar-refractivity contribution < 1.29 is 27.5 Å². The Morgan fingerprint density at radius 1 is 1.15 bits per heavy atom. The average Bonchev–Trinajstić information content (AvgIpc) is 2.34. The quantitative estimate of drug-likeness (QED) is 0.279. The van der Waals surface area contributed by atoms with E-state index in [1.165, 1.54) is 19.3 Å². The second-order valence-electron chi connectivity index (χ2n) is 6.57. The topological polar surface area (TPSA) is 44.8 Å². The number of hydrogen-bond donors (Lipinski definition) is 1. The minimum atomic E-state index is -3.67. The summed E-state index contributed by atoms with van der Waals surface area (Å²) >= 11 is 3.09. The van der Waals surface area contributed by atoms with Gasteiger partial charge < -0.3 is 4.74 Å². The van der Waals surface area contributed by atoms with Gasteiger partial charge in [0.15, 0.2) is 6.61 Å². The number of carbonyl (C=O) groups excluding carboxylic acids is 1. The van der Waals surface area contributed by atoms with E-state index < -0.39 is 24.1 Å². The van der Waals surface area contributed by atoms with E-state index >= 15 is 0 Å². The van der Waals surface area contributed by atoms with Crippen molar-refractivity contribution in [2.24, 2.45) is 23.2 Å². The van der Waals surface area contributed by atoms with Gasteiger partial charge in [-0.25, -0.2) is 0 Å². The van der Waals surface area contributed by atoms with E-state index in [2.05, 4.69) is 22.1 Å². The van der Waals surface area contributed by atoms with Crippen molar-refractivity contribution in [3.05, 3.63) is 0 Å². The fourth-order valence-corrected chi connectivity index (χ4v) is 4.85. The third kappa shape index (κ3) is 2.67. The molecule has 0 atom stereocenters. The first-order valence-corrected chi connectivity index (χ1v) is 7.33. The summed E-state index contributed by atoms with van der Waals surface area (Å²) in [5, 5.41) is 0. The lowest BCUT2D eigenvalue weighted by Gasteiger charge is -2.55. The van der Waals surface area contributed by atoms with Crippen LogP contribution in [0.4, 0.5) is 8.78 Å². The second-order valence-corrected chi connectivity index (χ2v) is 6.72. The van der Waals surface area contributed by atoms with E-state index in [1.54, 1.807) is 0 Å². The van der Waals surface area contributed by atoms with E-state index in [4.69, 9.17) is 4.74 Å². The van der Waals surface area contributed by atoms with Crippen LogP contribution in [0.25, 0.3) is 0 Å². The van der Waals surface area contributed by atoms with Gasteiger partial charge in [0, 0.05) is 12.9 Å². The van der Waals surface area contributed by atoms with Gasteiger partial charge in [-0.1, -0.05) is 0 Å². The van der Waals surface area contributed by atoms with E-state index in [0.29, 0.717) is 17.8 Å². The Morgan fingerprint density at radius 2 is 1.65 bits per heavy atom. The number of carbonyl (C=O) groups is 1. The Balaban J connectivity index is 1.62. The van der Waals surface area contributed by atoms with Crippen LogP contribution in [0.15, 0.2) is 0 Å². The first-order valence-electron chi connectivity index (χ1n) is 6.97. The summed E-state index contributed by atoms with van der Waals surface area (Å²) in [4.78, 5) is 15.9. The molecule has 0 radical (unpaired) electrons. The van der Waals surface area contributed by atoms with Crippen molar-refractivity contribution in [1.29, 1.82) is 0 Å². The van der Waals surface area contributed by atoms with Gasteiger partial charge >= 0.3 is 12.1 Å². The molecule has 0 heterocycles. The van der Waals surface area contributed by atoms with Crippen molar-refractivity contribution in [3.63, 3.8) is 0 Å². The molecule has 0 N–H and O–H groups in total. The van der Waals surface area contributed by atoms with Gasteiger partial charge in [0.05, 0.1) is 5.41 Å². The molecule has 0 spiro atoms. The van der Waals surface area contributed by atoms with Crippen molar-refractivity contribution >= 4 is 18.9 Å². The Hall–Kier alpha value is -0.400. The predicted molar refractivity (Wildman–Crippen MR) is 67.7 cm³/mol. The fraction of sp³-hybridized carbons (Fsp3) is 0.923. The van der Waals surface area contributed by atoms with Crippen molar-refractivity contribution in [2.75, 3.05) is 6.61 Å². The average molecular weight is 308 g/mol. The third-order valence-corrected chi connectivity index (χ3v) is 5.08. The van der Waals surface area contributed by atoms with E-state index in [9.17, 15) is 13.6 Å². The Kier molecular flexibility index (Phi) is 3.71. The van der Waals surface area contributed by atoms with E-state index in [-0.39, 0.29) is 0 Å². The van der Waals surface area contributed by atoms with Crippen LogP contribution in [0.2, 0.25) is 0 Å². The number of rotatable bonds is 5. The van der Waals surface area contributed by atoms with Gasteiger partial charge in [-0.15, -0.1) is 4.89 Å². The highest BCUT2D eigenvalue weighted by atomic mass is 32.1. The SMILES string of the molecule is O=C(OCC(F)(F)OOS)C12CC3CC(CC(C3)C1)C2. The predicted octanol–water partition coefficient (Wildman–Crippen LogP) is 3.13. The van der Waals surface area contributed by atoms with Crippen LogP contribution in [0, 0.1) is 23.2 Å².